The van der Waals surface area contributed by atoms with Gasteiger partial charge in [-0.3, -0.25) is 0 Å². The second kappa shape index (κ2) is 14.2. The van der Waals surface area contributed by atoms with E-state index in [0.29, 0.717) is 24.3 Å². The summed E-state index contributed by atoms with van der Waals surface area (Å²) in [5.41, 5.74) is 1.67. The Balaban J connectivity index is -0.00000144. The van der Waals surface area contributed by atoms with E-state index in [1.165, 1.54) is 12.7 Å². The Kier molecular flexibility index (Phi) is 17.9. The molecule has 0 spiro atoms. The van der Waals surface area contributed by atoms with Gasteiger partial charge in [0.05, 0.1) is 0 Å². The van der Waals surface area contributed by atoms with Crippen LogP contribution in [0, 0.1) is 5.92 Å². The Hall–Kier alpha value is 0.235. The second-order valence-electron chi connectivity index (χ2n) is 5.06. The van der Waals surface area contributed by atoms with Gasteiger partial charge < -0.3 is 14.9 Å². The Bertz CT molecular complexity index is 297. The van der Waals surface area contributed by atoms with E-state index in [1.54, 1.807) is 0 Å². The minimum Gasteiger partial charge on any atom is -0.849 e. The zero-order valence-corrected chi connectivity index (χ0v) is 14.3. The molecule has 1 unspecified atom stereocenters. The van der Waals surface area contributed by atoms with Gasteiger partial charge in [-0.2, -0.15) is 0 Å². The van der Waals surface area contributed by atoms with Crippen molar-refractivity contribution in [2.45, 2.75) is 59.5 Å². The van der Waals surface area contributed by atoms with Gasteiger partial charge >= 0.3 is 37.7 Å². The van der Waals surface area contributed by atoms with Crippen molar-refractivity contribution >= 4 is 0 Å². The molecule has 0 saturated heterocycles. The van der Waals surface area contributed by atoms with Gasteiger partial charge in [-0.05, 0) is 46.1 Å². The van der Waals surface area contributed by atoms with E-state index < -0.39 is 12.0 Å². The van der Waals surface area contributed by atoms with Gasteiger partial charge in [-0.1, -0.05) is 37.5 Å². The van der Waals surface area contributed by atoms with Crippen LogP contribution in [0.15, 0.2) is 23.2 Å². The van der Waals surface area contributed by atoms with Crippen molar-refractivity contribution in [3.63, 3.8) is 0 Å². The third-order valence-corrected chi connectivity index (χ3v) is 3.05. The van der Waals surface area contributed by atoms with Crippen LogP contribution in [-0.4, -0.2) is 13.2 Å². The average Bonchev–Trinajstić information content (AvgIpc) is 2.28. The molecule has 0 bridgehead atoms. The van der Waals surface area contributed by atoms with Gasteiger partial charge in [0.25, 0.3) is 0 Å². The predicted octanol–water partition coefficient (Wildman–Crippen LogP) is -3.88. The molecule has 0 aliphatic rings. The maximum Gasteiger partial charge on any atom is 1.00 e. The van der Waals surface area contributed by atoms with Gasteiger partial charge in [0, 0.05) is 5.95 Å². The van der Waals surface area contributed by atoms with Crippen LogP contribution in [0.4, 0.5) is 0 Å². The van der Waals surface area contributed by atoms with Crippen LogP contribution < -0.4 is 47.9 Å². The van der Waals surface area contributed by atoms with Gasteiger partial charge in [-0.15, -0.1) is 6.10 Å². The maximum absolute atomic E-state index is 12.0. The minimum absolute atomic E-state index is 0. The normalized spacial score (nSPS) is 14.1. The number of allylic oxidation sites excluding steroid dienone is 2. The average molecular weight is 268 g/mol. The molecule has 5 heteroatoms. The first kappa shape index (κ1) is 25.2. The summed E-state index contributed by atoms with van der Waals surface area (Å²) in [4.78, 5) is 0. The molecule has 0 heterocycles. The third-order valence-electron chi connectivity index (χ3n) is 3.05. The fourth-order valence-corrected chi connectivity index (χ4v) is 1.92. The van der Waals surface area contributed by atoms with Gasteiger partial charge in [0.1, 0.15) is 0 Å². The first-order chi connectivity index (χ1) is 8.42. The molecule has 0 aromatic carbocycles. The SMILES string of the molecule is CC/C(=C(/[O-])OC)C([O-])C[C@H](C)CCC=C(C)C.[Li+].[Li+]. The molecule has 0 aromatic heterocycles. The van der Waals surface area contributed by atoms with E-state index in [9.17, 15) is 10.2 Å². The molecule has 0 fully saturated rings. The number of ether oxygens (including phenoxy) is 1. The number of hydrogen-bond acceptors (Lipinski definition) is 3. The van der Waals surface area contributed by atoms with Gasteiger partial charge in [-0.25, -0.2) is 0 Å². The number of methoxy groups -OCH3 is 1. The van der Waals surface area contributed by atoms with Crippen LogP contribution >= 0.6 is 0 Å². The van der Waals surface area contributed by atoms with Crippen LogP contribution in [-0.2, 0) is 4.74 Å². The molecule has 0 N–H and O–H groups in total. The Morgan fingerprint density at radius 3 is 2.20 bits per heavy atom. The number of rotatable bonds is 8. The first-order valence-corrected chi connectivity index (χ1v) is 6.65. The second-order valence-corrected chi connectivity index (χ2v) is 5.06. The molecule has 106 valence electrons. The van der Waals surface area contributed by atoms with Crippen LogP contribution in [0.5, 0.6) is 0 Å². The molecule has 0 rings (SSSR count). The van der Waals surface area contributed by atoms with Crippen LogP contribution in [0.1, 0.15) is 53.4 Å². The third kappa shape index (κ3) is 11.0. The largest absolute Gasteiger partial charge is 1.00 e. The molecular formula is C15H26Li2O3. The fourth-order valence-electron chi connectivity index (χ4n) is 1.92. The quantitative estimate of drug-likeness (QED) is 0.257. The van der Waals surface area contributed by atoms with Crippen molar-refractivity contribution in [3.05, 3.63) is 23.2 Å². The minimum atomic E-state index is -0.927. The Morgan fingerprint density at radius 2 is 1.80 bits per heavy atom. The molecule has 0 radical (unpaired) electrons. The predicted molar refractivity (Wildman–Crippen MR) is 70.6 cm³/mol. The van der Waals surface area contributed by atoms with E-state index in [4.69, 9.17) is 0 Å². The summed E-state index contributed by atoms with van der Waals surface area (Å²) in [7, 11) is 1.32. The molecule has 3 nitrogen and oxygen atoms in total. The summed E-state index contributed by atoms with van der Waals surface area (Å²) in [5.74, 6) is -0.122. The molecule has 0 aromatic rings. The smallest absolute Gasteiger partial charge is 0.849 e. The van der Waals surface area contributed by atoms with Crippen molar-refractivity contribution < 1.29 is 52.7 Å². The van der Waals surface area contributed by atoms with Crippen LogP contribution in [0.2, 0.25) is 0 Å². The summed E-state index contributed by atoms with van der Waals surface area (Å²) in [6.07, 6.45) is 4.22. The van der Waals surface area contributed by atoms with Crippen molar-refractivity contribution in [1.29, 1.82) is 0 Å². The molecule has 0 aliphatic carbocycles. The van der Waals surface area contributed by atoms with Crippen molar-refractivity contribution in [2.24, 2.45) is 5.92 Å². The van der Waals surface area contributed by atoms with E-state index in [0.717, 1.165) is 12.8 Å². The van der Waals surface area contributed by atoms with Gasteiger partial charge in [0.15, 0.2) is 0 Å². The molecule has 20 heavy (non-hydrogen) atoms. The van der Waals surface area contributed by atoms with E-state index >= 15 is 0 Å². The Morgan fingerprint density at radius 1 is 1.25 bits per heavy atom. The zero-order valence-electron chi connectivity index (χ0n) is 14.3. The van der Waals surface area contributed by atoms with Crippen molar-refractivity contribution in [3.8, 4) is 0 Å². The standard InChI is InChI=1S/C15H27O3.2Li/c1-6-13(15(17)18-5)14(16)10-12(4)9-7-8-11(2)3;;/h8,12,14,17H,6-7,9-10H2,1-5H3;;/q-1;2*+1/p-1/b15-13+;;/t12-,14?;;/m1../s1. The molecule has 0 aliphatic heterocycles. The summed E-state index contributed by atoms with van der Waals surface area (Å²) in [6, 6.07) is 0. The van der Waals surface area contributed by atoms with Crippen LogP contribution in [0.3, 0.4) is 0 Å². The molecular weight excluding hydrogens is 242 g/mol. The summed E-state index contributed by atoms with van der Waals surface area (Å²) >= 11 is 0. The fraction of sp³-hybridized carbons (Fsp3) is 0.733. The van der Waals surface area contributed by atoms with Crippen LogP contribution in [0.25, 0.3) is 0 Å². The number of hydrogen-bond donors (Lipinski definition) is 0. The Labute approximate surface area is 148 Å². The summed E-state index contributed by atoms with van der Waals surface area (Å²) in [6.45, 7) is 8.03. The van der Waals surface area contributed by atoms with E-state index in [1.807, 2.05) is 6.92 Å². The van der Waals surface area contributed by atoms with Crippen molar-refractivity contribution in [1.82, 2.24) is 0 Å². The topological polar surface area (TPSA) is 55.3 Å². The van der Waals surface area contributed by atoms with E-state index in [2.05, 4.69) is 31.6 Å². The van der Waals surface area contributed by atoms with Crippen molar-refractivity contribution in [2.75, 3.05) is 7.11 Å². The monoisotopic (exact) mass is 268 g/mol. The molecule has 0 saturated carbocycles. The maximum atomic E-state index is 12.0. The summed E-state index contributed by atoms with van der Waals surface area (Å²) in [5, 5.41) is 23.4. The molecule has 2 atom stereocenters. The summed E-state index contributed by atoms with van der Waals surface area (Å²) < 4.78 is 4.63. The zero-order chi connectivity index (χ0) is 14.1. The first-order valence-electron chi connectivity index (χ1n) is 6.65. The molecule has 0 amide bonds. The van der Waals surface area contributed by atoms with Gasteiger partial charge in [0.2, 0.25) is 0 Å². The van der Waals surface area contributed by atoms with E-state index in [-0.39, 0.29) is 37.7 Å².